The van der Waals surface area contributed by atoms with Gasteiger partial charge in [-0.1, -0.05) is 0 Å². The lowest BCUT2D eigenvalue weighted by atomic mass is 9.78. The van der Waals surface area contributed by atoms with Crippen molar-refractivity contribution in [1.82, 2.24) is 0 Å². The Labute approximate surface area is 157 Å². The van der Waals surface area contributed by atoms with E-state index in [1.807, 2.05) is 0 Å². The van der Waals surface area contributed by atoms with Crippen LogP contribution in [0.2, 0.25) is 0 Å². The highest BCUT2D eigenvalue weighted by molar-refractivity contribution is 6.29. The minimum Gasteiger partial charge on any atom is -0.396 e. The molecule has 0 aliphatic heterocycles. The number of nitro benzene ring substituents is 2. The molecular formula is C18H14N2O8. The van der Waals surface area contributed by atoms with Crippen molar-refractivity contribution in [2.45, 2.75) is 12.8 Å². The summed E-state index contributed by atoms with van der Waals surface area (Å²) >= 11 is 0. The van der Waals surface area contributed by atoms with Crippen LogP contribution in [0.1, 0.15) is 43.0 Å². The Morgan fingerprint density at radius 1 is 0.714 bits per heavy atom. The highest BCUT2D eigenvalue weighted by Crippen LogP contribution is 2.36. The summed E-state index contributed by atoms with van der Waals surface area (Å²) in [6.45, 7) is -0.794. The van der Waals surface area contributed by atoms with Gasteiger partial charge in [0.25, 0.3) is 11.4 Å². The van der Waals surface area contributed by atoms with Gasteiger partial charge in [0, 0.05) is 59.7 Å². The summed E-state index contributed by atoms with van der Waals surface area (Å²) < 4.78 is 0. The lowest BCUT2D eigenvalue weighted by molar-refractivity contribution is -0.385. The van der Waals surface area contributed by atoms with Crippen molar-refractivity contribution < 1.29 is 29.6 Å². The molecule has 0 spiro atoms. The van der Waals surface area contributed by atoms with Gasteiger partial charge >= 0.3 is 0 Å². The third kappa shape index (κ3) is 3.04. The molecule has 0 saturated carbocycles. The molecule has 144 valence electrons. The molecule has 0 atom stereocenters. The molecule has 3 rings (SSSR count). The van der Waals surface area contributed by atoms with Crippen molar-refractivity contribution in [2.75, 3.05) is 13.2 Å². The molecule has 0 fully saturated rings. The third-order valence-electron chi connectivity index (χ3n) is 4.54. The predicted octanol–water partition coefficient (Wildman–Crippen LogP) is 1.35. The smallest absolute Gasteiger partial charge is 0.270 e. The zero-order valence-electron chi connectivity index (χ0n) is 14.4. The average Bonchev–Trinajstić information content (AvgIpc) is 2.65. The summed E-state index contributed by atoms with van der Waals surface area (Å²) in [6.07, 6.45) is -0.165. The van der Waals surface area contributed by atoms with Crippen molar-refractivity contribution in [3.63, 3.8) is 0 Å². The molecule has 0 unspecified atom stereocenters. The number of hydrogen-bond donors (Lipinski definition) is 2. The largest absolute Gasteiger partial charge is 0.396 e. The van der Waals surface area contributed by atoms with Gasteiger partial charge in [0.2, 0.25) is 0 Å². The van der Waals surface area contributed by atoms with E-state index < -0.39 is 46.0 Å². The minimum absolute atomic E-state index is 0.0646. The van der Waals surface area contributed by atoms with E-state index in [1.165, 1.54) is 0 Å². The fourth-order valence-corrected chi connectivity index (χ4v) is 3.38. The van der Waals surface area contributed by atoms with Crippen LogP contribution in [0.4, 0.5) is 11.4 Å². The maximum absolute atomic E-state index is 13.2. The van der Waals surface area contributed by atoms with Gasteiger partial charge in [0.1, 0.15) is 0 Å². The van der Waals surface area contributed by atoms with Gasteiger partial charge in [-0.05, 0) is 24.0 Å². The lowest BCUT2D eigenvalue weighted by Crippen LogP contribution is -2.25. The number of aliphatic hydroxyl groups is 2. The van der Waals surface area contributed by atoms with Gasteiger partial charge in [-0.2, -0.15) is 0 Å². The fourth-order valence-electron chi connectivity index (χ4n) is 3.38. The van der Waals surface area contributed by atoms with Gasteiger partial charge in [0.15, 0.2) is 11.6 Å². The predicted molar refractivity (Wildman–Crippen MR) is 94.6 cm³/mol. The number of rotatable bonds is 6. The van der Waals surface area contributed by atoms with Crippen LogP contribution < -0.4 is 0 Å². The molecule has 28 heavy (non-hydrogen) atoms. The molecule has 0 aromatic heterocycles. The van der Waals surface area contributed by atoms with Crippen molar-refractivity contribution in [3.8, 4) is 0 Å². The number of benzene rings is 2. The molecule has 1 aliphatic carbocycles. The Morgan fingerprint density at radius 2 is 1.11 bits per heavy atom. The number of fused-ring (bicyclic) bond motifs is 2. The Bertz CT molecular complexity index is 965. The summed E-state index contributed by atoms with van der Waals surface area (Å²) in [6, 6.07) is 4.18. The maximum Gasteiger partial charge on any atom is 0.270 e. The first-order chi connectivity index (χ1) is 13.3. The first-order valence-corrected chi connectivity index (χ1v) is 8.23. The Hall–Kier alpha value is -3.50. The molecule has 2 aromatic rings. The van der Waals surface area contributed by atoms with Crippen LogP contribution in [0, 0.1) is 20.2 Å². The molecule has 0 radical (unpaired) electrons. The van der Waals surface area contributed by atoms with E-state index in [4.69, 9.17) is 0 Å². The van der Waals surface area contributed by atoms with Crippen molar-refractivity contribution in [3.05, 3.63) is 77.9 Å². The minimum atomic E-state index is -0.754. The fraction of sp³-hybridized carbons (Fsp3) is 0.222. The number of aliphatic hydroxyl groups excluding tert-OH is 2. The van der Waals surface area contributed by atoms with E-state index >= 15 is 0 Å². The van der Waals surface area contributed by atoms with Gasteiger partial charge in [-0.25, -0.2) is 0 Å². The molecule has 10 nitrogen and oxygen atoms in total. The van der Waals surface area contributed by atoms with Crippen LogP contribution >= 0.6 is 0 Å². The number of hydrogen-bond acceptors (Lipinski definition) is 8. The van der Waals surface area contributed by atoms with Crippen LogP contribution in [-0.4, -0.2) is 44.8 Å². The number of carbonyl (C=O) groups is 2. The summed E-state index contributed by atoms with van der Waals surface area (Å²) in [5.74, 6) is -1.38. The Kier molecular flexibility index (Phi) is 4.99. The summed E-state index contributed by atoms with van der Waals surface area (Å²) in [5.41, 5.74) is -1.15. The van der Waals surface area contributed by atoms with Gasteiger partial charge in [-0.15, -0.1) is 0 Å². The highest BCUT2D eigenvalue weighted by atomic mass is 16.6. The van der Waals surface area contributed by atoms with E-state index in [0.717, 1.165) is 24.3 Å². The lowest BCUT2D eigenvalue weighted by Gasteiger charge is -2.22. The Morgan fingerprint density at radius 3 is 1.43 bits per heavy atom. The van der Waals surface area contributed by atoms with E-state index in [9.17, 15) is 40.0 Å². The topological polar surface area (TPSA) is 161 Å². The number of carbonyl (C=O) groups excluding carboxylic acids is 2. The van der Waals surface area contributed by atoms with Crippen molar-refractivity contribution >= 4 is 22.9 Å². The zero-order valence-corrected chi connectivity index (χ0v) is 14.4. The molecule has 10 heteroatoms. The highest BCUT2D eigenvalue weighted by Gasteiger charge is 2.36. The van der Waals surface area contributed by atoms with E-state index in [1.54, 1.807) is 0 Å². The summed E-state index contributed by atoms with van der Waals surface area (Å²) in [7, 11) is 0. The second-order valence-electron chi connectivity index (χ2n) is 6.17. The first kappa shape index (κ1) is 19.3. The molecule has 1 aliphatic rings. The monoisotopic (exact) mass is 386 g/mol. The average molecular weight is 386 g/mol. The summed E-state index contributed by atoms with van der Waals surface area (Å²) in [5, 5.41) is 40.9. The molecule has 0 amide bonds. The SMILES string of the molecule is O=C1c2cc([N+](=O)[O-])cc(CCO)c2C(=O)c2c(CCO)cc([N+](=O)[O-])cc21. The van der Waals surface area contributed by atoms with E-state index in [0.29, 0.717) is 0 Å². The molecule has 0 saturated heterocycles. The van der Waals surface area contributed by atoms with Crippen molar-refractivity contribution in [1.29, 1.82) is 0 Å². The maximum atomic E-state index is 13.2. The van der Waals surface area contributed by atoms with Crippen molar-refractivity contribution in [2.24, 2.45) is 0 Å². The molecule has 0 heterocycles. The van der Waals surface area contributed by atoms with Crippen LogP contribution in [0.3, 0.4) is 0 Å². The number of ketones is 2. The van der Waals surface area contributed by atoms with Crippen LogP contribution in [-0.2, 0) is 12.8 Å². The van der Waals surface area contributed by atoms with E-state index in [2.05, 4.69) is 0 Å². The quantitative estimate of drug-likeness (QED) is 0.474. The number of non-ortho nitro benzene ring substituents is 2. The van der Waals surface area contributed by atoms with Gasteiger partial charge in [0.05, 0.1) is 9.85 Å². The molecule has 2 N–H and O–H groups in total. The van der Waals surface area contributed by atoms with Gasteiger partial charge < -0.3 is 10.2 Å². The normalized spacial score (nSPS) is 12.5. The summed E-state index contributed by atoms with van der Waals surface area (Å²) in [4.78, 5) is 47.1. The molecule has 2 aromatic carbocycles. The number of nitro groups is 2. The standard InChI is InChI=1S/C18H14N2O8/c21-3-1-9-5-11(19(25)26)7-13-15(9)18(24)16-10(2-4-22)6-12(20(27)28)8-14(16)17(13)23/h5-8,21-22H,1-4H2. The third-order valence-corrected chi connectivity index (χ3v) is 4.54. The van der Waals surface area contributed by atoms with Crippen LogP contribution in [0.25, 0.3) is 0 Å². The molecule has 0 bridgehead atoms. The van der Waals surface area contributed by atoms with Crippen LogP contribution in [0.15, 0.2) is 24.3 Å². The first-order valence-electron chi connectivity index (χ1n) is 8.23. The second kappa shape index (κ2) is 7.25. The van der Waals surface area contributed by atoms with Crippen LogP contribution in [0.5, 0.6) is 0 Å². The Balaban J connectivity index is 2.34. The zero-order chi connectivity index (χ0) is 20.6. The molecular weight excluding hydrogens is 372 g/mol. The van der Waals surface area contributed by atoms with Gasteiger partial charge in [-0.3, -0.25) is 29.8 Å². The second-order valence-corrected chi connectivity index (χ2v) is 6.17. The van der Waals surface area contributed by atoms with E-state index in [-0.39, 0.29) is 46.2 Å². The number of nitrogens with zero attached hydrogens (tertiary/aromatic N) is 2.